The molecule has 1 aliphatic carbocycles. The lowest BCUT2D eigenvalue weighted by molar-refractivity contribution is 0.0910. The SMILES string of the molecule is Cc1cn(-c2ccccc2)c2c1C(=O)CC(C)(C)C2. The zero-order valence-corrected chi connectivity index (χ0v) is 11.7. The van der Waals surface area contributed by atoms with Crippen LogP contribution in [0.15, 0.2) is 36.5 Å². The quantitative estimate of drug-likeness (QED) is 0.754. The Morgan fingerprint density at radius 1 is 1.11 bits per heavy atom. The molecular weight excluding hydrogens is 234 g/mol. The van der Waals surface area contributed by atoms with Crippen molar-refractivity contribution in [1.29, 1.82) is 0 Å². The molecule has 98 valence electrons. The molecule has 2 nitrogen and oxygen atoms in total. The van der Waals surface area contributed by atoms with Gasteiger partial charge in [-0.25, -0.2) is 0 Å². The number of para-hydroxylation sites is 1. The van der Waals surface area contributed by atoms with Crippen molar-refractivity contribution in [2.24, 2.45) is 5.41 Å². The Morgan fingerprint density at radius 2 is 1.79 bits per heavy atom. The van der Waals surface area contributed by atoms with Crippen molar-refractivity contribution in [2.45, 2.75) is 33.6 Å². The number of nitrogens with zero attached hydrogens (tertiary/aromatic N) is 1. The third-order valence-corrected chi connectivity index (χ3v) is 3.89. The highest BCUT2D eigenvalue weighted by atomic mass is 16.1. The Hall–Kier alpha value is -1.83. The number of ketones is 1. The Kier molecular flexibility index (Phi) is 2.63. The summed E-state index contributed by atoms with van der Waals surface area (Å²) in [5.41, 5.74) is 4.41. The van der Waals surface area contributed by atoms with Crippen LogP contribution >= 0.6 is 0 Å². The number of aryl methyl sites for hydroxylation is 1. The monoisotopic (exact) mass is 253 g/mol. The van der Waals surface area contributed by atoms with Gasteiger partial charge in [-0.1, -0.05) is 32.0 Å². The van der Waals surface area contributed by atoms with E-state index in [4.69, 9.17) is 0 Å². The van der Waals surface area contributed by atoms with Gasteiger partial charge in [0.1, 0.15) is 0 Å². The Bertz CT molecular complexity index is 635. The minimum Gasteiger partial charge on any atom is -0.320 e. The van der Waals surface area contributed by atoms with Crippen molar-refractivity contribution in [1.82, 2.24) is 4.57 Å². The molecule has 0 N–H and O–H groups in total. The van der Waals surface area contributed by atoms with Gasteiger partial charge >= 0.3 is 0 Å². The first-order chi connectivity index (χ1) is 8.98. The molecule has 0 saturated heterocycles. The van der Waals surface area contributed by atoms with E-state index in [2.05, 4.69) is 36.7 Å². The maximum Gasteiger partial charge on any atom is 0.165 e. The molecule has 0 aliphatic heterocycles. The number of Topliss-reactive ketones (excluding diaryl/α,β-unsaturated/α-hetero) is 1. The van der Waals surface area contributed by atoms with Gasteiger partial charge in [-0.15, -0.1) is 0 Å². The van der Waals surface area contributed by atoms with Crippen LogP contribution in [0.2, 0.25) is 0 Å². The smallest absolute Gasteiger partial charge is 0.165 e. The molecule has 0 saturated carbocycles. The largest absolute Gasteiger partial charge is 0.320 e. The molecule has 1 heterocycles. The van der Waals surface area contributed by atoms with E-state index in [0.29, 0.717) is 12.2 Å². The van der Waals surface area contributed by atoms with Crippen molar-refractivity contribution in [3.63, 3.8) is 0 Å². The lowest BCUT2D eigenvalue weighted by atomic mass is 9.75. The molecular formula is C17H19NO. The minimum absolute atomic E-state index is 0.0570. The average molecular weight is 253 g/mol. The summed E-state index contributed by atoms with van der Waals surface area (Å²) < 4.78 is 2.18. The lowest BCUT2D eigenvalue weighted by Crippen LogP contribution is -2.28. The van der Waals surface area contributed by atoms with Crippen LogP contribution in [-0.4, -0.2) is 10.4 Å². The Labute approximate surface area is 114 Å². The number of hydrogen-bond acceptors (Lipinski definition) is 1. The molecule has 0 fully saturated rings. The fourth-order valence-corrected chi connectivity index (χ4v) is 3.10. The maximum absolute atomic E-state index is 12.4. The van der Waals surface area contributed by atoms with Gasteiger partial charge < -0.3 is 4.57 Å². The normalized spacial score (nSPS) is 17.3. The molecule has 2 aromatic rings. The first-order valence-corrected chi connectivity index (χ1v) is 6.77. The summed E-state index contributed by atoms with van der Waals surface area (Å²) in [6.45, 7) is 6.38. The molecule has 19 heavy (non-hydrogen) atoms. The van der Waals surface area contributed by atoms with Gasteiger partial charge in [-0.05, 0) is 36.5 Å². The predicted molar refractivity (Wildman–Crippen MR) is 76.9 cm³/mol. The third-order valence-electron chi connectivity index (χ3n) is 3.89. The van der Waals surface area contributed by atoms with E-state index in [0.717, 1.165) is 23.2 Å². The summed E-state index contributed by atoms with van der Waals surface area (Å²) in [5.74, 6) is 0.290. The fraction of sp³-hybridized carbons (Fsp3) is 0.353. The van der Waals surface area contributed by atoms with Crippen molar-refractivity contribution < 1.29 is 4.79 Å². The van der Waals surface area contributed by atoms with E-state index in [-0.39, 0.29) is 5.41 Å². The molecule has 0 radical (unpaired) electrons. The maximum atomic E-state index is 12.4. The summed E-state index contributed by atoms with van der Waals surface area (Å²) in [5, 5.41) is 0. The summed E-state index contributed by atoms with van der Waals surface area (Å²) in [6.07, 6.45) is 3.70. The number of fused-ring (bicyclic) bond motifs is 1. The van der Waals surface area contributed by atoms with Gasteiger partial charge in [0.25, 0.3) is 0 Å². The highest BCUT2D eigenvalue weighted by Gasteiger charge is 2.34. The van der Waals surface area contributed by atoms with Gasteiger partial charge in [0, 0.05) is 29.6 Å². The van der Waals surface area contributed by atoms with Gasteiger partial charge in [-0.3, -0.25) is 4.79 Å². The second-order valence-corrected chi connectivity index (χ2v) is 6.28. The molecule has 1 aromatic carbocycles. The van der Waals surface area contributed by atoms with Crippen LogP contribution in [-0.2, 0) is 6.42 Å². The first kappa shape index (κ1) is 12.2. The van der Waals surface area contributed by atoms with E-state index in [1.165, 1.54) is 5.69 Å². The number of rotatable bonds is 1. The molecule has 2 heteroatoms. The summed E-state index contributed by atoms with van der Waals surface area (Å²) in [6, 6.07) is 10.3. The second-order valence-electron chi connectivity index (χ2n) is 6.28. The number of aromatic nitrogens is 1. The minimum atomic E-state index is 0.0570. The molecule has 1 aromatic heterocycles. The van der Waals surface area contributed by atoms with Crippen LogP contribution in [0.1, 0.15) is 41.9 Å². The van der Waals surface area contributed by atoms with Crippen LogP contribution < -0.4 is 0 Å². The van der Waals surface area contributed by atoms with Crippen LogP contribution in [0.5, 0.6) is 0 Å². The summed E-state index contributed by atoms with van der Waals surface area (Å²) in [7, 11) is 0. The summed E-state index contributed by atoms with van der Waals surface area (Å²) >= 11 is 0. The van der Waals surface area contributed by atoms with Gasteiger partial charge in [0.05, 0.1) is 0 Å². The number of benzene rings is 1. The lowest BCUT2D eigenvalue weighted by Gasteiger charge is -2.30. The molecule has 0 unspecified atom stereocenters. The highest BCUT2D eigenvalue weighted by molar-refractivity contribution is 6.00. The molecule has 0 spiro atoms. The van der Waals surface area contributed by atoms with Gasteiger partial charge in [-0.2, -0.15) is 0 Å². The summed E-state index contributed by atoms with van der Waals surface area (Å²) in [4.78, 5) is 12.4. The van der Waals surface area contributed by atoms with Crippen molar-refractivity contribution in [3.05, 3.63) is 53.3 Å². The molecule has 0 bridgehead atoms. The first-order valence-electron chi connectivity index (χ1n) is 6.77. The van der Waals surface area contributed by atoms with Crippen LogP contribution in [0.25, 0.3) is 5.69 Å². The molecule has 3 rings (SSSR count). The van der Waals surface area contributed by atoms with Gasteiger partial charge in [0.15, 0.2) is 5.78 Å². The molecule has 0 atom stereocenters. The topological polar surface area (TPSA) is 22.0 Å². The fourth-order valence-electron chi connectivity index (χ4n) is 3.10. The second kappa shape index (κ2) is 4.09. The van der Waals surface area contributed by atoms with Gasteiger partial charge in [0.2, 0.25) is 0 Å². The number of hydrogen-bond donors (Lipinski definition) is 0. The van der Waals surface area contributed by atoms with E-state index in [1.54, 1.807) is 0 Å². The highest BCUT2D eigenvalue weighted by Crippen LogP contribution is 2.37. The Balaban J connectivity index is 2.20. The average Bonchev–Trinajstić information content (AvgIpc) is 2.66. The van der Waals surface area contributed by atoms with Crippen molar-refractivity contribution in [2.75, 3.05) is 0 Å². The zero-order valence-electron chi connectivity index (χ0n) is 11.7. The van der Waals surface area contributed by atoms with Crippen molar-refractivity contribution >= 4 is 5.78 Å². The Morgan fingerprint density at radius 3 is 2.47 bits per heavy atom. The standard InChI is InChI=1S/C17H19NO/c1-12-11-18(13-7-5-4-6-8-13)14-9-17(2,3)10-15(19)16(12)14/h4-8,11H,9-10H2,1-3H3. The molecule has 1 aliphatic rings. The zero-order chi connectivity index (χ0) is 13.6. The van der Waals surface area contributed by atoms with E-state index < -0.39 is 0 Å². The number of carbonyl (C=O) groups excluding carboxylic acids is 1. The van der Waals surface area contributed by atoms with Crippen LogP contribution in [0.4, 0.5) is 0 Å². The van der Waals surface area contributed by atoms with E-state index in [1.807, 2.05) is 25.1 Å². The predicted octanol–water partition coefficient (Wildman–Crippen LogP) is 3.94. The van der Waals surface area contributed by atoms with E-state index >= 15 is 0 Å². The van der Waals surface area contributed by atoms with Crippen LogP contribution in [0, 0.1) is 12.3 Å². The number of carbonyl (C=O) groups is 1. The van der Waals surface area contributed by atoms with E-state index in [9.17, 15) is 4.79 Å². The van der Waals surface area contributed by atoms with Crippen LogP contribution in [0.3, 0.4) is 0 Å². The van der Waals surface area contributed by atoms with Crippen molar-refractivity contribution in [3.8, 4) is 5.69 Å². The molecule has 0 amide bonds. The third kappa shape index (κ3) is 2.01.